The molecule has 2 nitrogen and oxygen atoms in total. The fourth-order valence-corrected chi connectivity index (χ4v) is 5.42. The number of hydrogen-bond donors (Lipinski definition) is 0. The molecule has 0 saturated heterocycles. The molecule has 3 rings (SSSR count). The molecular weight excluding hydrogens is 342 g/mol. The van der Waals surface area contributed by atoms with Gasteiger partial charge in [-0.15, -0.1) is 0 Å². The van der Waals surface area contributed by atoms with E-state index in [9.17, 15) is 17.2 Å². The number of allylic oxidation sites excluding steroid dienone is 3. The lowest BCUT2D eigenvalue weighted by Crippen LogP contribution is -2.31. The smallest absolute Gasteiger partial charge is 0.185 e. The zero-order valence-corrected chi connectivity index (χ0v) is 14.2. The molecule has 0 radical (unpaired) electrons. The predicted octanol–water partition coefficient (Wildman–Crippen LogP) is 5.15. The van der Waals surface area contributed by atoms with Crippen molar-refractivity contribution in [2.45, 2.75) is 42.8 Å². The highest BCUT2D eigenvalue weighted by Gasteiger charge is 2.41. The standard InChI is InChI=1S/C17H17ClF2O2S/c1-10-9-14(19)16-13(17(10)20)3-2-4-15(16)23(21,22)12-7-5-11(18)6-8-12/h5-8,10,15H,2-4,9H2,1H3. The van der Waals surface area contributed by atoms with Gasteiger partial charge in [-0.2, -0.15) is 0 Å². The van der Waals surface area contributed by atoms with E-state index in [2.05, 4.69) is 0 Å². The fraction of sp³-hybridized carbons (Fsp3) is 0.412. The van der Waals surface area contributed by atoms with Gasteiger partial charge < -0.3 is 0 Å². The number of sulfone groups is 1. The maximum Gasteiger partial charge on any atom is 0.185 e. The van der Waals surface area contributed by atoms with Gasteiger partial charge >= 0.3 is 0 Å². The van der Waals surface area contributed by atoms with Gasteiger partial charge in [0.05, 0.1) is 10.1 Å². The summed E-state index contributed by atoms with van der Waals surface area (Å²) in [5, 5.41) is -0.596. The Morgan fingerprint density at radius 3 is 2.48 bits per heavy atom. The molecule has 0 aliphatic heterocycles. The highest BCUT2D eigenvalue weighted by atomic mass is 35.5. The summed E-state index contributed by atoms with van der Waals surface area (Å²) in [7, 11) is -3.78. The molecule has 2 atom stereocenters. The van der Waals surface area contributed by atoms with E-state index in [1.165, 1.54) is 24.3 Å². The van der Waals surface area contributed by atoms with Crippen LogP contribution >= 0.6 is 11.6 Å². The first-order valence-corrected chi connectivity index (χ1v) is 9.51. The van der Waals surface area contributed by atoms with Crippen molar-refractivity contribution in [1.82, 2.24) is 0 Å². The highest BCUT2D eigenvalue weighted by Crippen LogP contribution is 2.46. The molecule has 2 aliphatic carbocycles. The Hall–Kier alpha value is -1.20. The van der Waals surface area contributed by atoms with Gasteiger partial charge in [-0.25, -0.2) is 17.2 Å². The Labute approximate surface area is 139 Å². The molecule has 0 spiro atoms. The predicted molar refractivity (Wildman–Crippen MR) is 86.3 cm³/mol. The van der Waals surface area contributed by atoms with Gasteiger partial charge in [0.15, 0.2) is 9.84 Å². The number of hydrogen-bond acceptors (Lipinski definition) is 2. The lowest BCUT2D eigenvalue weighted by molar-refractivity contribution is 0.409. The van der Waals surface area contributed by atoms with Gasteiger partial charge in [0.25, 0.3) is 0 Å². The molecule has 1 fully saturated rings. The summed E-state index contributed by atoms with van der Waals surface area (Å²) < 4.78 is 54.7. The third kappa shape index (κ3) is 2.85. The third-order valence-electron chi connectivity index (χ3n) is 4.56. The van der Waals surface area contributed by atoms with Crippen LogP contribution in [0.25, 0.3) is 0 Å². The number of fused-ring (bicyclic) bond motifs is 1. The quantitative estimate of drug-likeness (QED) is 0.732. The number of halogens is 3. The van der Waals surface area contributed by atoms with Gasteiger partial charge in [0.1, 0.15) is 11.7 Å². The lowest BCUT2D eigenvalue weighted by atomic mass is 9.80. The summed E-state index contributed by atoms with van der Waals surface area (Å²) in [6, 6.07) is 5.80. The molecule has 1 aromatic carbocycles. The Kier molecular flexibility index (Phi) is 4.36. The maximum absolute atomic E-state index is 14.5. The van der Waals surface area contributed by atoms with Crippen molar-refractivity contribution in [3.05, 3.63) is 52.1 Å². The lowest BCUT2D eigenvalue weighted by Gasteiger charge is -2.32. The van der Waals surface area contributed by atoms with Crippen LogP contribution in [0, 0.1) is 5.92 Å². The first-order valence-electron chi connectivity index (χ1n) is 7.59. The molecular formula is C17H17ClF2O2S. The van der Waals surface area contributed by atoms with Crippen molar-refractivity contribution in [2.24, 2.45) is 5.92 Å². The summed E-state index contributed by atoms with van der Waals surface area (Å²) in [5.41, 5.74) is 0.317. The van der Waals surface area contributed by atoms with Crippen LogP contribution in [0.2, 0.25) is 5.02 Å². The number of rotatable bonds is 2. The largest absolute Gasteiger partial charge is 0.223 e. The molecule has 0 N–H and O–H groups in total. The minimum atomic E-state index is -3.78. The van der Waals surface area contributed by atoms with E-state index < -0.39 is 26.8 Å². The Bertz CT molecular complexity index is 794. The van der Waals surface area contributed by atoms with Gasteiger partial charge in [0.2, 0.25) is 0 Å². The zero-order valence-electron chi connectivity index (χ0n) is 12.7. The Morgan fingerprint density at radius 2 is 1.83 bits per heavy atom. The van der Waals surface area contributed by atoms with Gasteiger partial charge in [-0.05, 0) is 49.1 Å². The van der Waals surface area contributed by atoms with Crippen LogP contribution in [0.4, 0.5) is 8.78 Å². The molecule has 0 heterocycles. The normalized spacial score (nSPS) is 25.6. The summed E-state index contributed by atoms with van der Waals surface area (Å²) in [5.74, 6) is -1.38. The third-order valence-corrected chi connectivity index (χ3v) is 6.96. The van der Waals surface area contributed by atoms with Crippen LogP contribution in [0.15, 0.2) is 52.0 Å². The van der Waals surface area contributed by atoms with E-state index in [4.69, 9.17) is 11.6 Å². The van der Waals surface area contributed by atoms with E-state index in [0.29, 0.717) is 24.3 Å². The average molecular weight is 359 g/mol. The molecule has 124 valence electrons. The Balaban J connectivity index is 2.09. The maximum atomic E-state index is 14.5. The van der Waals surface area contributed by atoms with Gasteiger partial charge in [-0.1, -0.05) is 18.5 Å². The SMILES string of the molecule is CC1CC(F)=C2C(=C1F)CCCC2S(=O)(=O)c1ccc(Cl)cc1. The van der Waals surface area contributed by atoms with Crippen LogP contribution in [0.1, 0.15) is 32.6 Å². The second kappa shape index (κ2) is 6.02. The van der Waals surface area contributed by atoms with E-state index in [0.717, 1.165) is 0 Å². The van der Waals surface area contributed by atoms with Crippen molar-refractivity contribution < 1.29 is 17.2 Å². The van der Waals surface area contributed by atoms with E-state index >= 15 is 0 Å². The van der Waals surface area contributed by atoms with Gasteiger partial charge in [-0.3, -0.25) is 0 Å². The summed E-state index contributed by atoms with van der Waals surface area (Å²) >= 11 is 5.80. The molecule has 0 aromatic heterocycles. The minimum Gasteiger partial charge on any atom is -0.223 e. The molecule has 2 aliphatic rings. The van der Waals surface area contributed by atoms with Crippen LogP contribution in [0.3, 0.4) is 0 Å². The van der Waals surface area contributed by atoms with Crippen molar-refractivity contribution >= 4 is 21.4 Å². The second-order valence-corrected chi connectivity index (χ2v) is 8.70. The van der Waals surface area contributed by atoms with Crippen LogP contribution < -0.4 is 0 Å². The first-order chi connectivity index (χ1) is 10.8. The van der Waals surface area contributed by atoms with Crippen molar-refractivity contribution in [1.29, 1.82) is 0 Å². The number of benzene rings is 1. The molecule has 2 unspecified atom stereocenters. The van der Waals surface area contributed by atoms with E-state index in [-0.39, 0.29) is 28.3 Å². The Morgan fingerprint density at radius 1 is 1.17 bits per heavy atom. The van der Waals surface area contributed by atoms with Crippen molar-refractivity contribution in [3.8, 4) is 0 Å². The van der Waals surface area contributed by atoms with Crippen LogP contribution in [-0.4, -0.2) is 13.7 Å². The topological polar surface area (TPSA) is 34.1 Å². The minimum absolute atomic E-state index is 0.0572. The monoisotopic (exact) mass is 358 g/mol. The van der Waals surface area contributed by atoms with Crippen molar-refractivity contribution in [3.63, 3.8) is 0 Å². The van der Waals surface area contributed by atoms with Crippen LogP contribution in [0.5, 0.6) is 0 Å². The zero-order chi connectivity index (χ0) is 16.8. The molecule has 0 bridgehead atoms. The summed E-state index contributed by atoms with van der Waals surface area (Å²) in [6.07, 6.45) is 1.16. The first kappa shape index (κ1) is 16.7. The molecule has 23 heavy (non-hydrogen) atoms. The summed E-state index contributed by atoms with van der Waals surface area (Å²) in [4.78, 5) is 0.0903. The van der Waals surface area contributed by atoms with Crippen LogP contribution in [-0.2, 0) is 9.84 Å². The molecule has 1 saturated carbocycles. The second-order valence-electron chi connectivity index (χ2n) is 6.13. The van der Waals surface area contributed by atoms with E-state index in [1.54, 1.807) is 6.92 Å². The average Bonchev–Trinajstić information content (AvgIpc) is 2.52. The van der Waals surface area contributed by atoms with Crippen molar-refractivity contribution in [2.75, 3.05) is 0 Å². The van der Waals surface area contributed by atoms with Gasteiger partial charge in [0, 0.05) is 22.9 Å². The molecule has 1 aromatic rings. The fourth-order valence-electron chi connectivity index (χ4n) is 3.39. The molecule has 6 heteroatoms. The van der Waals surface area contributed by atoms with E-state index in [1.807, 2.05) is 0 Å². The highest BCUT2D eigenvalue weighted by molar-refractivity contribution is 7.92. The molecule has 0 amide bonds. The summed E-state index contributed by atoms with van der Waals surface area (Å²) in [6.45, 7) is 1.62.